The number of nitrogens with one attached hydrogen (secondary N) is 2. The van der Waals surface area contributed by atoms with Crippen molar-refractivity contribution in [1.29, 1.82) is 0 Å². The summed E-state index contributed by atoms with van der Waals surface area (Å²) in [6, 6.07) is 14.2. The number of anilines is 1. The van der Waals surface area contributed by atoms with Crippen molar-refractivity contribution in [3.05, 3.63) is 58.9 Å². The lowest BCUT2D eigenvalue weighted by Crippen LogP contribution is -2.16. The minimum absolute atomic E-state index is 0.0908. The predicted molar refractivity (Wildman–Crippen MR) is 100 cm³/mol. The first-order valence-corrected chi connectivity index (χ1v) is 9.74. The molecule has 0 radical (unpaired) electrons. The van der Waals surface area contributed by atoms with E-state index in [4.69, 9.17) is 0 Å². The highest BCUT2D eigenvalue weighted by atomic mass is 32.2. The second kappa shape index (κ2) is 7.06. The van der Waals surface area contributed by atoms with E-state index in [1.807, 2.05) is 25.1 Å². The molecule has 7 heteroatoms. The van der Waals surface area contributed by atoms with E-state index in [2.05, 4.69) is 14.9 Å². The van der Waals surface area contributed by atoms with Crippen molar-refractivity contribution in [3.8, 4) is 11.3 Å². The van der Waals surface area contributed by atoms with Gasteiger partial charge in [-0.1, -0.05) is 43.7 Å². The van der Waals surface area contributed by atoms with Crippen molar-refractivity contribution in [2.75, 3.05) is 10.5 Å². The third kappa shape index (κ3) is 3.88. The number of H-pyrrole nitrogens is 1. The average molecular weight is 357 g/mol. The number of sulfonamides is 1. The van der Waals surface area contributed by atoms with Crippen LogP contribution in [0.25, 0.3) is 22.0 Å². The number of aromatic amines is 1. The molecular formula is C18H19N3O3S. The molecule has 3 aromatic rings. The zero-order valence-electron chi connectivity index (χ0n) is 13.8. The van der Waals surface area contributed by atoms with E-state index in [1.54, 1.807) is 30.3 Å². The molecule has 2 aromatic carbocycles. The molecule has 0 fully saturated rings. The Balaban J connectivity index is 2.01. The minimum Gasteiger partial charge on any atom is -0.284 e. The summed E-state index contributed by atoms with van der Waals surface area (Å²) < 4.78 is 26.8. The Morgan fingerprint density at radius 2 is 1.84 bits per heavy atom. The van der Waals surface area contributed by atoms with Gasteiger partial charge in [-0.3, -0.25) is 9.52 Å². The first-order valence-electron chi connectivity index (χ1n) is 8.08. The van der Waals surface area contributed by atoms with Gasteiger partial charge < -0.3 is 0 Å². The van der Waals surface area contributed by atoms with E-state index in [9.17, 15) is 13.2 Å². The maximum absolute atomic E-state index is 12.1. The molecule has 130 valence electrons. The summed E-state index contributed by atoms with van der Waals surface area (Å²) in [5.74, 6) is 0.0908. The zero-order chi connectivity index (χ0) is 17.9. The van der Waals surface area contributed by atoms with Crippen LogP contribution in [0, 0.1) is 0 Å². The summed E-state index contributed by atoms with van der Waals surface area (Å²) in [5, 5.41) is 7.90. The third-order valence-corrected chi connectivity index (χ3v) is 5.24. The van der Waals surface area contributed by atoms with Crippen LogP contribution in [0.15, 0.2) is 53.3 Å². The maximum atomic E-state index is 12.1. The van der Waals surface area contributed by atoms with Crippen LogP contribution in [0.5, 0.6) is 0 Å². The smallest absolute Gasteiger partial charge is 0.272 e. The normalized spacial score (nSPS) is 11.6. The molecule has 0 unspecified atom stereocenters. The lowest BCUT2D eigenvalue weighted by atomic mass is 10.0. The highest BCUT2D eigenvalue weighted by Gasteiger charge is 2.12. The molecule has 25 heavy (non-hydrogen) atoms. The molecule has 0 saturated carbocycles. The maximum Gasteiger partial charge on any atom is 0.272 e. The first-order chi connectivity index (χ1) is 12.0. The van der Waals surface area contributed by atoms with Crippen LogP contribution in [-0.4, -0.2) is 24.4 Å². The standard InChI is InChI=1S/C18H19N3O3S/c1-2-3-11-25(23,24)21-14-8-6-7-13(12-14)17-15-9-4-5-10-16(15)18(22)20-19-17/h4-10,12,21H,2-3,11H2,1H3,(H,20,22). The van der Waals surface area contributed by atoms with Gasteiger partial charge in [0.25, 0.3) is 5.56 Å². The van der Waals surface area contributed by atoms with E-state index < -0.39 is 10.0 Å². The van der Waals surface area contributed by atoms with Gasteiger partial charge in [0, 0.05) is 16.6 Å². The molecule has 2 N–H and O–H groups in total. The summed E-state index contributed by atoms with van der Waals surface area (Å²) in [4.78, 5) is 11.9. The first kappa shape index (κ1) is 17.2. The van der Waals surface area contributed by atoms with Crippen molar-refractivity contribution in [2.45, 2.75) is 19.8 Å². The van der Waals surface area contributed by atoms with Crippen LogP contribution in [-0.2, 0) is 10.0 Å². The number of fused-ring (bicyclic) bond motifs is 1. The van der Waals surface area contributed by atoms with Crippen LogP contribution in [0.4, 0.5) is 5.69 Å². The molecule has 1 aromatic heterocycles. The third-order valence-electron chi connectivity index (χ3n) is 3.87. The van der Waals surface area contributed by atoms with Gasteiger partial charge in [-0.25, -0.2) is 13.5 Å². The Hall–Kier alpha value is -2.67. The van der Waals surface area contributed by atoms with Gasteiger partial charge in [0.05, 0.1) is 16.8 Å². The molecule has 6 nitrogen and oxygen atoms in total. The number of benzene rings is 2. The van der Waals surface area contributed by atoms with E-state index in [1.165, 1.54) is 0 Å². The topological polar surface area (TPSA) is 91.9 Å². The fraction of sp³-hybridized carbons (Fsp3) is 0.222. The molecule has 0 saturated heterocycles. The van der Waals surface area contributed by atoms with E-state index in [0.717, 1.165) is 17.4 Å². The molecule has 0 amide bonds. The number of nitrogens with zero attached hydrogens (tertiary/aromatic N) is 1. The molecule has 0 spiro atoms. The minimum atomic E-state index is -3.37. The predicted octanol–water partition coefficient (Wildman–Crippen LogP) is 3.13. The van der Waals surface area contributed by atoms with E-state index >= 15 is 0 Å². The summed E-state index contributed by atoms with van der Waals surface area (Å²) in [6.07, 6.45) is 1.43. The van der Waals surface area contributed by atoms with Crippen LogP contribution in [0.3, 0.4) is 0 Å². The van der Waals surface area contributed by atoms with Crippen LogP contribution in [0.1, 0.15) is 19.8 Å². The summed E-state index contributed by atoms with van der Waals surface area (Å²) >= 11 is 0. The fourth-order valence-electron chi connectivity index (χ4n) is 2.63. The lowest BCUT2D eigenvalue weighted by Gasteiger charge is -2.10. The Kier molecular flexibility index (Phi) is 4.85. The molecular weight excluding hydrogens is 338 g/mol. The molecule has 1 heterocycles. The molecule has 0 bridgehead atoms. The Morgan fingerprint density at radius 3 is 2.60 bits per heavy atom. The van der Waals surface area contributed by atoms with Crippen LogP contribution in [0.2, 0.25) is 0 Å². The second-order valence-electron chi connectivity index (χ2n) is 5.80. The summed E-state index contributed by atoms with van der Waals surface area (Å²) in [5.41, 5.74) is 1.55. The van der Waals surface area contributed by atoms with Crippen LogP contribution >= 0.6 is 0 Å². The SMILES string of the molecule is CCCCS(=O)(=O)Nc1cccc(-c2n[nH]c(=O)c3ccccc23)c1. The van der Waals surface area contributed by atoms with Crippen molar-refractivity contribution in [2.24, 2.45) is 0 Å². The summed E-state index contributed by atoms with van der Waals surface area (Å²) in [7, 11) is -3.37. The largest absolute Gasteiger partial charge is 0.284 e. The van der Waals surface area contributed by atoms with Gasteiger partial charge in [0.1, 0.15) is 0 Å². The highest BCUT2D eigenvalue weighted by molar-refractivity contribution is 7.92. The van der Waals surface area contributed by atoms with E-state index in [0.29, 0.717) is 23.2 Å². The molecule has 0 atom stereocenters. The highest BCUT2D eigenvalue weighted by Crippen LogP contribution is 2.26. The molecule has 3 rings (SSSR count). The zero-order valence-corrected chi connectivity index (χ0v) is 14.6. The van der Waals surface area contributed by atoms with Gasteiger partial charge in [0.2, 0.25) is 10.0 Å². The molecule has 0 aliphatic carbocycles. The van der Waals surface area contributed by atoms with Gasteiger partial charge >= 0.3 is 0 Å². The van der Waals surface area contributed by atoms with E-state index in [-0.39, 0.29) is 11.3 Å². The van der Waals surface area contributed by atoms with Crippen molar-refractivity contribution in [1.82, 2.24) is 10.2 Å². The Morgan fingerprint density at radius 1 is 1.08 bits per heavy atom. The number of unbranched alkanes of at least 4 members (excludes halogenated alkanes) is 1. The molecule has 0 aliphatic rings. The van der Waals surface area contributed by atoms with Gasteiger partial charge in [-0.2, -0.15) is 5.10 Å². The number of aromatic nitrogens is 2. The lowest BCUT2D eigenvalue weighted by molar-refractivity contribution is 0.598. The number of rotatable bonds is 6. The van der Waals surface area contributed by atoms with Crippen LogP contribution < -0.4 is 10.3 Å². The van der Waals surface area contributed by atoms with Gasteiger partial charge in [-0.15, -0.1) is 0 Å². The van der Waals surface area contributed by atoms with Crippen molar-refractivity contribution in [3.63, 3.8) is 0 Å². The Labute approximate surface area is 146 Å². The monoisotopic (exact) mass is 357 g/mol. The summed E-state index contributed by atoms with van der Waals surface area (Å²) in [6.45, 7) is 1.95. The quantitative estimate of drug-likeness (QED) is 0.709. The van der Waals surface area contributed by atoms with Crippen molar-refractivity contribution < 1.29 is 8.42 Å². The Bertz CT molecular complexity index is 1060. The average Bonchev–Trinajstić information content (AvgIpc) is 2.60. The van der Waals surface area contributed by atoms with Gasteiger partial charge in [0.15, 0.2) is 0 Å². The second-order valence-corrected chi connectivity index (χ2v) is 7.64. The number of hydrogen-bond acceptors (Lipinski definition) is 4. The van der Waals surface area contributed by atoms with Crippen molar-refractivity contribution >= 4 is 26.5 Å². The van der Waals surface area contributed by atoms with Gasteiger partial charge in [-0.05, 0) is 24.6 Å². The molecule has 0 aliphatic heterocycles. The fourth-order valence-corrected chi connectivity index (χ4v) is 3.89. The number of hydrogen-bond donors (Lipinski definition) is 2.